The van der Waals surface area contributed by atoms with Crippen LogP contribution in [0.5, 0.6) is 11.5 Å². The third kappa shape index (κ3) is 6.67. The van der Waals surface area contributed by atoms with Crippen molar-refractivity contribution in [2.75, 3.05) is 20.3 Å². The lowest BCUT2D eigenvalue weighted by Crippen LogP contribution is -2.14. The SMILES string of the molecule is C=CCNCc1cccc(OC)c1OCCCCCCC. The average Bonchev–Trinajstić information content (AvgIpc) is 2.51. The maximum absolute atomic E-state index is 5.98. The molecular formula is C18H29NO2. The van der Waals surface area contributed by atoms with E-state index in [9.17, 15) is 0 Å². The molecule has 0 unspecified atom stereocenters. The standard InChI is InChI=1S/C18H29NO2/c1-4-6-7-8-9-14-21-18-16(15-19-13-5-2)11-10-12-17(18)20-3/h5,10-12,19H,2,4,6-9,13-15H2,1,3H3. The summed E-state index contributed by atoms with van der Waals surface area (Å²) in [4.78, 5) is 0. The Morgan fingerprint density at radius 1 is 1.19 bits per heavy atom. The van der Waals surface area contributed by atoms with E-state index in [1.807, 2.05) is 18.2 Å². The molecular weight excluding hydrogens is 262 g/mol. The zero-order chi connectivity index (χ0) is 15.3. The van der Waals surface area contributed by atoms with Gasteiger partial charge >= 0.3 is 0 Å². The number of methoxy groups -OCH3 is 1. The van der Waals surface area contributed by atoms with E-state index in [-0.39, 0.29) is 0 Å². The summed E-state index contributed by atoms with van der Waals surface area (Å²) in [6.07, 6.45) is 8.05. The molecule has 1 rings (SSSR count). The van der Waals surface area contributed by atoms with Gasteiger partial charge in [0.1, 0.15) is 0 Å². The highest BCUT2D eigenvalue weighted by molar-refractivity contribution is 5.46. The zero-order valence-electron chi connectivity index (χ0n) is 13.5. The highest BCUT2D eigenvalue weighted by Crippen LogP contribution is 2.31. The molecule has 0 radical (unpaired) electrons. The molecule has 0 bridgehead atoms. The van der Waals surface area contributed by atoms with Crippen LogP contribution < -0.4 is 14.8 Å². The van der Waals surface area contributed by atoms with Gasteiger partial charge in [0.25, 0.3) is 0 Å². The summed E-state index contributed by atoms with van der Waals surface area (Å²) >= 11 is 0. The fourth-order valence-electron chi connectivity index (χ4n) is 2.21. The summed E-state index contributed by atoms with van der Waals surface area (Å²) in [5.41, 5.74) is 1.13. The molecule has 0 fully saturated rings. The summed E-state index contributed by atoms with van der Waals surface area (Å²) in [5.74, 6) is 1.67. The van der Waals surface area contributed by atoms with Crippen LogP contribution in [0.2, 0.25) is 0 Å². The van der Waals surface area contributed by atoms with E-state index in [1.165, 1.54) is 25.7 Å². The van der Waals surface area contributed by atoms with Crippen LogP contribution in [0.3, 0.4) is 0 Å². The second-order valence-corrected chi connectivity index (χ2v) is 5.13. The quantitative estimate of drug-likeness (QED) is 0.459. The van der Waals surface area contributed by atoms with Gasteiger partial charge in [0.05, 0.1) is 13.7 Å². The predicted octanol–water partition coefficient (Wildman–Crippen LogP) is 4.32. The maximum Gasteiger partial charge on any atom is 0.165 e. The Morgan fingerprint density at radius 2 is 2.00 bits per heavy atom. The molecule has 0 saturated carbocycles. The van der Waals surface area contributed by atoms with E-state index >= 15 is 0 Å². The van der Waals surface area contributed by atoms with Gasteiger partial charge in [-0.15, -0.1) is 6.58 Å². The van der Waals surface area contributed by atoms with E-state index in [2.05, 4.69) is 24.9 Å². The Hall–Kier alpha value is -1.48. The molecule has 0 aromatic heterocycles. The van der Waals surface area contributed by atoms with Crippen LogP contribution in [-0.2, 0) is 6.54 Å². The third-order valence-corrected chi connectivity index (χ3v) is 3.38. The van der Waals surface area contributed by atoms with Crippen LogP contribution in [0.4, 0.5) is 0 Å². The van der Waals surface area contributed by atoms with Gasteiger partial charge in [-0.3, -0.25) is 0 Å². The zero-order valence-corrected chi connectivity index (χ0v) is 13.5. The highest BCUT2D eigenvalue weighted by Gasteiger charge is 2.10. The summed E-state index contributed by atoms with van der Waals surface area (Å²) in [6, 6.07) is 6.02. The summed E-state index contributed by atoms with van der Waals surface area (Å²) in [5, 5.41) is 3.31. The van der Waals surface area contributed by atoms with Crippen LogP contribution in [0.1, 0.15) is 44.6 Å². The Kier molecular flexibility index (Phi) is 9.38. The number of nitrogens with one attached hydrogen (secondary N) is 1. The second-order valence-electron chi connectivity index (χ2n) is 5.13. The average molecular weight is 291 g/mol. The van der Waals surface area contributed by atoms with Crippen LogP contribution in [-0.4, -0.2) is 20.3 Å². The van der Waals surface area contributed by atoms with Gasteiger partial charge in [-0.2, -0.15) is 0 Å². The van der Waals surface area contributed by atoms with Gasteiger partial charge in [-0.05, 0) is 12.5 Å². The first kappa shape index (κ1) is 17.6. The van der Waals surface area contributed by atoms with Gasteiger partial charge in [0.15, 0.2) is 11.5 Å². The first-order chi connectivity index (χ1) is 10.3. The number of benzene rings is 1. The molecule has 0 amide bonds. The molecule has 0 aliphatic heterocycles. The van der Waals surface area contributed by atoms with Gasteiger partial charge in [0.2, 0.25) is 0 Å². The Balaban J connectivity index is 2.53. The monoisotopic (exact) mass is 291 g/mol. The van der Waals surface area contributed by atoms with Crippen LogP contribution in [0, 0.1) is 0 Å². The summed E-state index contributed by atoms with van der Waals surface area (Å²) < 4.78 is 11.4. The molecule has 21 heavy (non-hydrogen) atoms. The molecule has 0 saturated heterocycles. The Labute approximate surface area is 129 Å². The Morgan fingerprint density at radius 3 is 2.71 bits per heavy atom. The van der Waals surface area contributed by atoms with Crippen molar-refractivity contribution in [2.24, 2.45) is 0 Å². The normalized spacial score (nSPS) is 10.4. The van der Waals surface area contributed by atoms with Crippen molar-refractivity contribution in [3.05, 3.63) is 36.4 Å². The summed E-state index contributed by atoms with van der Waals surface area (Å²) in [6.45, 7) is 8.24. The van der Waals surface area contributed by atoms with Crippen molar-refractivity contribution in [2.45, 2.75) is 45.6 Å². The minimum absolute atomic E-state index is 0.749. The number of para-hydroxylation sites is 1. The van der Waals surface area contributed by atoms with Crippen molar-refractivity contribution in [1.29, 1.82) is 0 Å². The largest absolute Gasteiger partial charge is 0.493 e. The van der Waals surface area contributed by atoms with Crippen molar-refractivity contribution < 1.29 is 9.47 Å². The van der Waals surface area contributed by atoms with Gasteiger partial charge in [0, 0.05) is 18.7 Å². The van der Waals surface area contributed by atoms with Crippen LogP contribution in [0.15, 0.2) is 30.9 Å². The topological polar surface area (TPSA) is 30.5 Å². The first-order valence-corrected chi connectivity index (χ1v) is 7.93. The molecule has 0 atom stereocenters. The highest BCUT2D eigenvalue weighted by atomic mass is 16.5. The number of ether oxygens (including phenoxy) is 2. The number of rotatable bonds is 12. The molecule has 0 heterocycles. The fourth-order valence-corrected chi connectivity index (χ4v) is 2.21. The smallest absolute Gasteiger partial charge is 0.165 e. The molecule has 0 aliphatic carbocycles. The van der Waals surface area contributed by atoms with Crippen LogP contribution in [0.25, 0.3) is 0 Å². The number of hydrogen-bond acceptors (Lipinski definition) is 3. The van der Waals surface area contributed by atoms with Gasteiger partial charge < -0.3 is 14.8 Å². The van der Waals surface area contributed by atoms with Crippen molar-refractivity contribution in [1.82, 2.24) is 5.32 Å². The lowest BCUT2D eigenvalue weighted by molar-refractivity contribution is 0.281. The third-order valence-electron chi connectivity index (χ3n) is 3.38. The lowest BCUT2D eigenvalue weighted by Gasteiger charge is -2.15. The number of unbranched alkanes of at least 4 members (excludes halogenated alkanes) is 4. The molecule has 118 valence electrons. The second kappa shape index (κ2) is 11.2. The minimum Gasteiger partial charge on any atom is -0.493 e. The predicted molar refractivity (Wildman–Crippen MR) is 89.2 cm³/mol. The molecule has 3 heteroatoms. The maximum atomic E-state index is 5.98. The molecule has 0 aliphatic rings. The summed E-state index contributed by atoms with van der Waals surface area (Å²) in [7, 11) is 1.68. The molecule has 1 aromatic rings. The molecule has 0 spiro atoms. The Bertz CT molecular complexity index is 404. The molecule has 1 aromatic carbocycles. The van der Waals surface area contributed by atoms with Crippen molar-refractivity contribution >= 4 is 0 Å². The van der Waals surface area contributed by atoms with Crippen molar-refractivity contribution in [3.63, 3.8) is 0 Å². The van der Waals surface area contributed by atoms with Crippen molar-refractivity contribution in [3.8, 4) is 11.5 Å². The van der Waals surface area contributed by atoms with Crippen LogP contribution >= 0.6 is 0 Å². The molecule has 1 N–H and O–H groups in total. The first-order valence-electron chi connectivity index (χ1n) is 7.93. The fraction of sp³-hybridized carbons (Fsp3) is 0.556. The van der Waals surface area contributed by atoms with E-state index in [0.29, 0.717) is 0 Å². The van der Waals surface area contributed by atoms with Gasteiger partial charge in [-0.1, -0.05) is 50.8 Å². The van der Waals surface area contributed by atoms with E-state index in [1.54, 1.807) is 7.11 Å². The van der Waals surface area contributed by atoms with E-state index in [0.717, 1.165) is 43.2 Å². The lowest BCUT2D eigenvalue weighted by atomic mass is 10.1. The molecule has 3 nitrogen and oxygen atoms in total. The number of hydrogen-bond donors (Lipinski definition) is 1. The van der Waals surface area contributed by atoms with E-state index < -0.39 is 0 Å². The van der Waals surface area contributed by atoms with Gasteiger partial charge in [-0.25, -0.2) is 0 Å². The minimum atomic E-state index is 0.749. The van der Waals surface area contributed by atoms with E-state index in [4.69, 9.17) is 9.47 Å².